The minimum absolute atomic E-state index is 0.0293. The second-order valence-corrected chi connectivity index (χ2v) is 3.14. The number of ether oxygens (including phenoxy) is 1. The highest BCUT2D eigenvalue weighted by molar-refractivity contribution is 5.81. The van der Waals surface area contributed by atoms with E-state index in [2.05, 4.69) is 10.6 Å². The van der Waals surface area contributed by atoms with Crippen molar-refractivity contribution in [3.05, 3.63) is 0 Å². The van der Waals surface area contributed by atoms with Crippen LogP contribution in [0.25, 0.3) is 0 Å². The number of hydrogen-bond donors (Lipinski definition) is 2. The van der Waals surface area contributed by atoms with Gasteiger partial charge in [0, 0.05) is 13.2 Å². The van der Waals surface area contributed by atoms with Gasteiger partial charge in [-0.3, -0.25) is 4.79 Å². The maximum atomic E-state index is 11.4. The molecule has 0 aromatic rings. The first-order valence-corrected chi connectivity index (χ1v) is 4.93. The van der Waals surface area contributed by atoms with Gasteiger partial charge < -0.3 is 15.4 Å². The zero-order valence-electron chi connectivity index (χ0n) is 8.14. The molecule has 1 saturated heterocycles. The number of nitrogens with one attached hydrogen (secondary N) is 2. The molecule has 1 fully saturated rings. The van der Waals surface area contributed by atoms with Crippen LogP contribution in [0.1, 0.15) is 19.8 Å². The van der Waals surface area contributed by atoms with Gasteiger partial charge in [-0.25, -0.2) is 0 Å². The highest BCUT2D eigenvalue weighted by Crippen LogP contribution is 2.03. The summed E-state index contributed by atoms with van der Waals surface area (Å²) in [6, 6.07) is 0.0293. The normalized spacial score (nSPS) is 21.8. The van der Waals surface area contributed by atoms with Crippen LogP contribution >= 0.6 is 0 Å². The monoisotopic (exact) mass is 186 g/mol. The van der Waals surface area contributed by atoms with E-state index in [1.807, 2.05) is 6.92 Å². The van der Waals surface area contributed by atoms with Crippen molar-refractivity contribution in [1.29, 1.82) is 0 Å². The highest BCUT2D eigenvalue weighted by atomic mass is 16.5. The highest BCUT2D eigenvalue weighted by Gasteiger charge is 2.20. The third-order valence-electron chi connectivity index (χ3n) is 2.13. The summed E-state index contributed by atoms with van der Waals surface area (Å²) in [6.45, 7) is 4.83. The SMILES string of the molecule is CCOCCNC(=O)C1CCCN1. The van der Waals surface area contributed by atoms with Crippen molar-refractivity contribution in [2.24, 2.45) is 0 Å². The van der Waals surface area contributed by atoms with E-state index in [1.165, 1.54) is 0 Å². The first-order valence-electron chi connectivity index (χ1n) is 4.93. The molecule has 13 heavy (non-hydrogen) atoms. The lowest BCUT2D eigenvalue weighted by atomic mass is 10.2. The average molecular weight is 186 g/mol. The number of carbonyl (C=O) groups is 1. The van der Waals surface area contributed by atoms with Crippen molar-refractivity contribution in [3.63, 3.8) is 0 Å². The standard InChI is InChI=1S/C9H18N2O2/c1-2-13-7-6-11-9(12)8-4-3-5-10-8/h8,10H,2-7H2,1H3,(H,11,12). The summed E-state index contributed by atoms with van der Waals surface area (Å²) >= 11 is 0. The van der Waals surface area contributed by atoms with Crippen LogP contribution in [-0.4, -0.2) is 38.3 Å². The molecule has 2 N–H and O–H groups in total. The van der Waals surface area contributed by atoms with E-state index in [0.29, 0.717) is 19.8 Å². The van der Waals surface area contributed by atoms with Crippen LogP contribution in [0.4, 0.5) is 0 Å². The van der Waals surface area contributed by atoms with Crippen LogP contribution in [0.5, 0.6) is 0 Å². The van der Waals surface area contributed by atoms with Gasteiger partial charge in [0.1, 0.15) is 0 Å². The van der Waals surface area contributed by atoms with Crippen molar-refractivity contribution in [1.82, 2.24) is 10.6 Å². The van der Waals surface area contributed by atoms with Gasteiger partial charge in [0.25, 0.3) is 0 Å². The summed E-state index contributed by atoms with van der Waals surface area (Å²) in [5.74, 6) is 0.109. The van der Waals surface area contributed by atoms with E-state index in [-0.39, 0.29) is 11.9 Å². The predicted molar refractivity (Wildman–Crippen MR) is 50.5 cm³/mol. The van der Waals surface area contributed by atoms with Crippen molar-refractivity contribution in [3.8, 4) is 0 Å². The second-order valence-electron chi connectivity index (χ2n) is 3.14. The quantitative estimate of drug-likeness (QED) is 0.589. The van der Waals surface area contributed by atoms with Gasteiger partial charge >= 0.3 is 0 Å². The molecule has 1 amide bonds. The van der Waals surface area contributed by atoms with Crippen LogP contribution in [0.2, 0.25) is 0 Å². The van der Waals surface area contributed by atoms with E-state index in [0.717, 1.165) is 19.4 Å². The number of hydrogen-bond acceptors (Lipinski definition) is 3. The molecule has 1 atom stereocenters. The molecule has 1 aliphatic rings. The van der Waals surface area contributed by atoms with Crippen LogP contribution in [0.15, 0.2) is 0 Å². The average Bonchev–Trinajstić information content (AvgIpc) is 2.65. The largest absolute Gasteiger partial charge is 0.380 e. The number of carbonyl (C=O) groups excluding carboxylic acids is 1. The Balaban J connectivity index is 2.03. The van der Waals surface area contributed by atoms with Crippen molar-refractivity contribution < 1.29 is 9.53 Å². The Labute approximate surface area is 79.0 Å². The van der Waals surface area contributed by atoms with Crippen molar-refractivity contribution >= 4 is 5.91 Å². The molecule has 0 radical (unpaired) electrons. The summed E-state index contributed by atoms with van der Waals surface area (Å²) < 4.78 is 5.11. The van der Waals surface area contributed by atoms with E-state index in [9.17, 15) is 4.79 Å². The molecular formula is C9H18N2O2. The van der Waals surface area contributed by atoms with Gasteiger partial charge in [-0.2, -0.15) is 0 Å². The molecule has 0 bridgehead atoms. The molecule has 0 spiro atoms. The molecule has 0 aromatic carbocycles. The Bertz CT molecular complexity index is 156. The summed E-state index contributed by atoms with van der Waals surface area (Å²) in [5, 5.41) is 5.98. The third-order valence-corrected chi connectivity index (χ3v) is 2.13. The van der Waals surface area contributed by atoms with Gasteiger partial charge in [0.15, 0.2) is 0 Å². The first kappa shape index (κ1) is 10.5. The lowest BCUT2D eigenvalue weighted by Crippen LogP contribution is -2.41. The van der Waals surface area contributed by atoms with Crippen LogP contribution in [0.3, 0.4) is 0 Å². The Morgan fingerprint density at radius 2 is 2.54 bits per heavy atom. The van der Waals surface area contributed by atoms with Gasteiger partial charge in [-0.05, 0) is 26.3 Å². The fraction of sp³-hybridized carbons (Fsp3) is 0.889. The van der Waals surface area contributed by atoms with Gasteiger partial charge in [0.05, 0.1) is 12.6 Å². The molecular weight excluding hydrogens is 168 g/mol. The molecule has 1 unspecified atom stereocenters. The molecule has 0 aliphatic carbocycles. The molecule has 1 heterocycles. The minimum atomic E-state index is 0.0293. The van der Waals surface area contributed by atoms with Crippen LogP contribution in [0, 0.1) is 0 Å². The Kier molecular flexibility index (Phi) is 4.78. The Hall–Kier alpha value is -0.610. The van der Waals surface area contributed by atoms with Crippen LogP contribution in [-0.2, 0) is 9.53 Å². The third kappa shape index (κ3) is 3.74. The first-order chi connectivity index (χ1) is 6.34. The van der Waals surface area contributed by atoms with Gasteiger partial charge in [-0.15, -0.1) is 0 Å². The van der Waals surface area contributed by atoms with Crippen molar-refractivity contribution in [2.75, 3.05) is 26.3 Å². The molecule has 4 heteroatoms. The van der Waals surface area contributed by atoms with Crippen LogP contribution < -0.4 is 10.6 Å². The molecule has 1 aliphatic heterocycles. The molecule has 0 aromatic heterocycles. The predicted octanol–water partition coefficient (Wildman–Crippen LogP) is -0.109. The number of rotatable bonds is 5. The topological polar surface area (TPSA) is 50.4 Å². The molecule has 0 saturated carbocycles. The molecule has 1 rings (SSSR count). The summed E-state index contributed by atoms with van der Waals surface area (Å²) in [6.07, 6.45) is 2.06. The maximum absolute atomic E-state index is 11.4. The van der Waals surface area contributed by atoms with E-state index in [4.69, 9.17) is 4.74 Å². The summed E-state index contributed by atoms with van der Waals surface area (Å²) in [5.41, 5.74) is 0. The minimum Gasteiger partial charge on any atom is -0.380 e. The molecule has 76 valence electrons. The van der Waals surface area contributed by atoms with E-state index < -0.39 is 0 Å². The van der Waals surface area contributed by atoms with Crippen molar-refractivity contribution in [2.45, 2.75) is 25.8 Å². The summed E-state index contributed by atoms with van der Waals surface area (Å²) in [4.78, 5) is 11.4. The molecule has 4 nitrogen and oxygen atoms in total. The van der Waals surface area contributed by atoms with Gasteiger partial charge in [-0.1, -0.05) is 0 Å². The maximum Gasteiger partial charge on any atom is 0.237 e. The lowest BCUT2D eigenvalue weighted by molar-refractivity contribution is -0.123. The zero-order chi connectivity index (χ0) is 9.52. The lowest BCUT2D eigenvalue weighted by Gasteiger charge is -2.10. The Morgan fingerprint density at radius 1 is 1.69 bits per heavy atom. The van der Waals surface area contributed by atoms with E-state index >= 15 is 0 Å². The fourth-order valence-electron chi connectivity index (χ4n) is 1.42. The second kappa shape index (κ2) is 5.94. The summed E-state index contributed by atoms with van der Waals surface area (Å²) in [7, 11) is 0. The van der Waals surface area contributed by atoms with E-state index in [1.54, 1.807) is 0 Å². The zero-order valence-corrected chi connectivity index (χ0v) is 8.14. The Morgan fingerprint density at radius 3 is 3.15 bits per heavy atom. The van der Waals surface area contributed by atoms with Gasteiger partial charge in [0.2, 0.25) is 5.91 Å². The fourth-order valence-corrected chi connectivity index (χ4v) is 1.42. The number of amides is 1. The smallest absolute Gasteiger partial charge is 0.237 e.